The molecule has 9 heavy (non-hydrogen) atoms. The molecule has 1 nitrogen and oxygen atoms in total. The maximum absolute atomic E-state index is 2.25. The van der Waals surface area contributed by atoms with E-state index in [-0.39, 0.29) is 24.0 Å². The third kappa shape index (κ3) is 12.0. The molecule has 0 saturated heterocycles. The lowest BCUT2D eigenvalue weighted by molar-refractivity contribution is -0.873. The normalized spacial score (nSPS) is 11.3. The second kappa shape index (κ2) is 4.50. The molecule has 58 valence electrons. The Morgan fingerprint density at radius 1 is 1.11 bits per heavy atom. The first-order valence-electron chi connectivity index (χ1n) is 3.22. The Morgan fingerprint density at radius 2 is 1.44 bits per heavy atom. The quantitative estimate of drug-likeness (QED) is 0.403. The molecule has 0 aromatic heterocycles. The Bertz CT molecular complexity index is 63.8. The van der Waals surface area contributed by atoms with Gasteiger partial charge in [0.1, 0.15) is 0 Å². The van der Waals surface area contributed by atoms with E-state index in [0.717, 1.165) is 10.4 Å². The highest BCUT2D eigenvalue weighted by molar-refractivity contribution is 4.37. The first-order chi connectivity index (χ1) is 3.42. The minimum atomic E-state index is 0. The molecule has 0 aromatic carbocycles. The lowest BCUT2D eigenvalue weighted by Gasteiger charge is -2.25. The van der Waals surface area contributed by atoms with Crippen LogP contribution in [0.1, 0.15) is 13.8 Å². The highest BCUT2D eigenvalue weighted by Gasteiger charge is 2.08. The summed E-state index contributed by atoms with van der Waals surface area (Å²) in [5.74, 6) is 0.815. The summed E-state index contributed by atoms with van der Waals surface area (Å²) in [7, 11) is 6.67. The molecular formula is C7H18IN. The molecule has 0 amide bonds. The molecule has 0 bridgehead atoms. The first kappa shape index (κ1) is 12.4. The maximum atomic E-state index is 2.25. The van der Waals surface area contributed by atoms with E-state index in [1.54, 1.807) is 0 Å². The summed E-state index contributed by atoms with van der Waals surface area (Å²) >= 11 is 0. The largest absolute Gasteiger partial charge is 1.00 e. The lowest BCUT2D eigenvalue weighted by Crippen LogP contribution is -3.00. The second-order valence-electron chi connectivity index (χ2n) is 3.87. The Labute approximate surface area is 76.0 Å². The zero-order valence-electron chi connectivity index (χ0n) is 7.11. The number of hydrogen-bond donors (Lipinski definition) is 0. The molecule has 0 fully saturated rings. The summed E-state index contributed by atoms with van der Waals surface area (Å²) < 4.78 is 1.08. The summed E-state index contributed by atoms with van der Waals surface area (Å²) in [5.41, 5.74) is 0. The van der Waals surface area contributed by atoms with Gasteiger partial charge in [-0.25, -0.2) is 0 Å². The van der Waals surface area contributed by atoms with Gasteiger partial charge in [-0.3, -0.25) is 0 Å². The van der Waals surface area contributed by atoms with Crippen LogP contribution in [0.15, 0.2) is 0 Å². The number of nitrogens with zero attached hydrogens (tertiary/aromatic N) is 1. The van der Waals surface area contributed by atoms with Crippen LogP contribution in [0.5, 0.6) is 0 Å². The van der Waals surface area contributed by atoms with Gasteiger partial charge < -0.3 is 28.5 Å². The van der Waals surface area contributed by atoms with Crippen molar-refractivity contribution in [2.24, 2.45) is 5.92 Å². The van der Waals surface area contributed by atoms with Crippen molar-refractivity contribution >= 4 is 0 Å². The van der Waals surface area contributed by atoms with E-state index in [1.165, 1.54) is 6.54 Å². The van der Waals surface area contributed by atoms with Crippen LogP contribution >= 0.6 is 0 Å². The molecule has 0 aliphatic carbocycles. The summed E-state index contributed by atoms with van der Waals surface area (Å²) in [5, 5.41) is 0. The molecule has 0 aromatic rings. The molecule has 0 saturated carbocycles. The molecule has 0 radical (unpaired) electrons. The smallest absolute Gasteiger partial charge is 0.0803 e. The van der Waals surface area contributed by atoms with Gasteiger partial charge in [0, 0.05) is 5.92 Å². The predicted molar refractivity (Wildman–Crippen MR) is 37.7 cm³/mol. The fourth-order valence-electron chi connectivity index (χ4n) is 1.10. The molecule has 0 unspecified atom stereocenters. The molecule has 0 aliphatic rings. The van der Waals surface area contributed by atoms with E-state index in [2.05, 4.69) is 35.0 Å². The Balaban J connectivity index is 0. The molecule has 0 N–H and O–H groups in total. The third-order valence-corrected chi connectivity index (χ3v) is 0.913. The summed E-state index contributed by atoms with van der Waals surface area (Å²) in [6.07, 6.45) is 0. The molecular weight excluding hydrogens is 225 g/mol. The maximum Gasteiger partial charge on any atom is 0.0803 e. The van der Waals surface area contributed by atoms with E-state index < -0.39 is 0 Å². The van der Waals surface area contributed by atoms with E-state index >= 15 is 0 Å². The fraction of sp³-hybridized carbons (Fsp3) is 1.00. The van der Waals surface area contributed by atoms with Gasteiger partial charge in [0.15, 0.2) is 0 Å². The molecule has 0 atom stereocenters. The molecule has 0 spiro atoms. The fourth-order valence-corrected chi connectivity index (χ4v) is 1.10. The van der Waals surface area contributed by atoms with Crippen LogP contribution in [-0.4, -0.2) is 32.2 Å². The van der Waals surface area contributed by atoms with Crippen molar-refractivity contribution in [1.82, 2.24) is 0 Å². The van der Waals surface area contributed by atoms with E-state index in [4.69, 9.17) is 0 Å². The van der Waals surface area contributed by atoms with E-state index in [9.17, 15) is 0 Å². The Hall–Kier alpha value is 0.690. The Morgan fingerprint density at radius 3 is 1.44 bits per heavy atom. The number of hydrogen-bond acceptors (Lipinski definition) is 0. The summed E-state index contributed by atoms with van der Waals surface area (Å²) in [6, 6.07) is 0. The van der Waals surface area contributed by atoms with Crippen molar-refractivity contribution in [3.63, 3.8) is 0 Å². The van der Waals surface area contributed by atoms with Gasteiger partial charge in [0.2, 0.25) is 0 Å². The monoisotopic (exact) mass is 243 g/mol. The zero-order valence-corrected chi connectivity index (χ0v) is 9.27. The van der Waals surface area contributed by atoms with Crippen LogP contribution in [0.3, 0.4) is 0 Å². The van der Waals surface area contributed by atoms with Gasteiger partial charge in [-0.1, -0.05) is 13.8 Å². The van der Waals surface area contributed by atoms with Crippen molar-refractivity contribution in [3.05, 3.63) is 0 Å². The van der Waals surface area contributed by atoms with Gasteiger partial charge in [0.05, 0.1) is 27.7 Å². The lowest BCUT2D eigenvalue weighted by atomic mass is 10.2. The van der Waals surface area contributed by atoms with Crippen LogP contribution in [0.4, 0.5) is 0 Å². The van der Waals surface area contributed by atoms with Crippen molar-refractivity contribution in [2.75, 3.05) is 27.7 Å². The SMILES string of the molecule is CC(C)C[N+](C)(C)C.[I-]. The molecule has 2 heteroatoms. The summed E-state index contributed by atoms with van der Waals surface area (Å²) in [6.45, 7) is 5.77. The third-order valence-electron chi connectivity index (χ3n) is 0.913. The minimum Gasteiger partial charge on any atom is -1.00 e. The summed E-state index contributed by atoms with van der Waals surface area (Å²) in [4.78, 5) is 0. The van der Waals surface area contributed by atoms with Gasteiger partial charge >= 0.3 is 0 Å². The molecule has 0 aliphatic heterocycles. The van der Waals surface area contributed by atoms with Crippen molar-refractivity contribution in [2.45, 2.75) is 13.8 Å². The van der Waals surface area contributed by atoms with Crippen molar-refractivity contribution in [3.8, 4) is 0 Å². The molecule has 0 rings (SSSR count). The number of quaternary nitrogens is 1. The standard InChI is InChI=1S/C7H18N.HI/c1-7(2)6-8(3,4)5;/h7H,6H2,1-5H3;1H/q+1;/p-1. The highest BCUT2D eigenvalue weighted by atomic mass is 127. The van der Waals surface area contributed by atoms with Gasteiger partial charge in [-0.15, -0.1) is 0 Å². The number of halogens is 1. The highest BCUT2D eigenvalue weighted by Crippen LogP contribution is 1.98. The average molecular weight is 243 g/mol. The van der Waals surface area contributed by atoms with Gasteiger partial charge in [-0.05, 0) is 0 Å². The van der Waals surface area contributed by atoms with Crippen LogP contribution in [0, 0.1) is 5.92 Å². The van der Waals surface area contributed by atoms with Gasteiger partial charge in [-0.2, -0.15) is 0 Å². The van der Waals surface area contributed by atoms with Crippen molar-refractivity contribution < 1.29 is 28.5 Å². The van der Waals surface area contributed by atoms with E-state index in [0.29, 0.717) is 0 Å². The van der Waals surface area contributed by atoms with Crippen LogP contribution in [0.2, 0.25) is 0 Å². The Kier molecular flexibility index (Phi) is 6.18. The van der Waals surface area contributed by atoms with Crippen molar-refractivity contribution in [1.29, 1.82) is 0 Å². The molecule has 0 heterocycles. The van der Waals surface area contributed by atoms with Crippen LogP contribution < -0.4 is 24.0 Å². The predicted octanol–water partition coefficient (Wildman–Crippen LogP) is -1.65. The van der Waals surface area contributed by atoms with E-state index in [1.807, 2.05) is 0 Å². The first-order valence-corrected chi connectivity index (χ1v) is 3.22. The minimum absolute atomic E-state index is 0. The topological polar surface area (TPSA) is 0 Å². The van der Waals surface area contributed by atoms with Crippen LogP contribution in [-0.2, 0) is 0 Å². The zero-order chi connectivity index (χ0) is 6.78. The van der Waals surface area contributed by atoms with Gasteiger partial charge in [0.25, 0.3) is 0 Å². The number of rotatable bonds is 2. The average Bonchev–Trinajstić information content (AvgIpc) is 1.21. The van der Waals surface area contributed by atoms with Crippen LogP contribution in [0.25, 0.3) is 0 Å². The second-order valence-corrected chi connectivity index (χ2v) is 3.87.